The molecule has 0 saturated carbocycles. The highest BCUT2D eigenvalue weighted by molar-refractivity contribution is 7.98. The minimum absolute atomic E-state index is 0.469. The van der Waals surface area contributed by atoms with Gasteiger partial charge in [-0.25, -0.2) is 0 Å². The Bertz CT molecular complexity index is 2910. The van der Waals surface area contributed by atoms with Crippen molar-refractivity contribution in [2.24, 2.45) is 0 Å². The van der Waals surface area contributed by atoms with E-state index in [1.807, 2.05) is 54.6 Å². The van der Waals surface area contributed by atoms with E-state index in [-0.39, 0.29) is 0 Å². The van der Waals surface area contributed by atoms with Crippen molar-refractivity contribution >= 4 is 45.0 Å². The second-order valence-electron chi connectivity index (χ2n) is 14.1. The van der Waals surface area contributed by atoms with Crippen LogP contribution in [0.15, 0.2) is 211 Å². The first-order valence-corrected chi connectivity index (χ1v) is 20.5. The molecule has 0 aliphatic rings. The zero-order valence-corrected chi connectivity index (χ0v) is 32.5. The van der Waals surface area contributed by atoms with Gasteiger partial charge in [0.05, 0.1) is 22.4 Å². The third kappa shape index (κ3) is 7.31. The van der Waals surface area contributed by atoms with Crippen molar-refractivity contribution in [3.05, 3.63) is 223 Å². The standard InChI is InChI=1S/C53H41N3S/c1-57-53-29-13-10-25-45(53)43-23-15-22-42(33-43)44-24-8-11-27-50(44)56-51-28-12-9-26-46(51)47-34-41(30-31-52(47)56)40-21-14-16-37(32-40)36-55-49(39-19-6-3-7-20-39)35-48(54)38-17-4-2-5-18-38/h2-35,54-55H,36H2,1H3/b49-35-,54-48?. The summed E-state index contributed by atoms with van der Waals surface area (Å²) in [7, 11) is 0. The molecule has 1 aromatic heterocycles. The summed E-state index contributed by atoms with van der Waals surface area (Å²) < 4.78 is 2.43. The third-order valence-corrected chi connectivity index (χ3v) is 11.4. The maximum Gasteiger partial charge on any atom is 0.0632 e. The first kappa shape index (κ1) is 35.8. The van der Waals surface area contributed by atoms with Crippen molar-refractivity contribution < 1.29 is 0 Å². The largest absolute Gasteiger partial charge is 0.380 e. The molecule has 0 atom stereocenters. The third-order valence-electron chi connectivity index (χ3n) is 10.6. The van der Waals surface area contributed by atoms with E-state index in [0.29, 0.717) is 12.3 Å². The van der Waals surface area contributed by atoms with Crippen molar-refractivity contribution in [1.82, 2.24) is 9.88 Å². The normalized spacial score (nSPS) is 11.6. The molecular formula is C53H41N3S. The number of hydrogen-bond donors (Lipinski definition) is 2. The number of hydrogen-bond acceptors (Lipinski definition) is 3. The van der Waals surface area contributed by atoms with E-state index in [1.165, 1.54) is 60.1 Å². The second-order valence-corrected chi connectivity index (χ2v) is 15.0. The number of thioether (sulfide) groups is 1. The van der Waals surface area contributed by atoms with Crippen molar-refractivity contribution in [2.75, 3.05) is 6.26 Å². The van der Waals surface area contributed by atoms with E-state index in [2.05, 4.69) is 168 Å². The summed E-state index contributed by atoms with van der Waals surface area (Å²) in [5.41, 5.74) is 15.2. The molecule has 0 radical (unpaired) electrons. The van der Waals surface area contributed by atoms with Gasteiger partial charge in [0, 0.05) is 33.5 Å². The quantitative estimate of drug-likeness (QED) is 0.102. The van der Waals surface area contributed by atoms with Crippen LogP contribution in [0.5, 0.6) is 0 Å². The molecule has 4 heteroatoms. The van der Waals surface area contributed by atoms with Crippen LogP contribution in [0.25, 0.3) is 66.6 Å². The summed E-state index contributed by atoms with van der Waals surface area (Å²) in [6.45, 7) is 0.624. The first-order valence-electron chi connectivity index (χ1n) is 19.3. The minimum atomic E-state index is 0.469. The summed E-state index contributed by atoms with van der Waals surface area (Å²) in [4.78, 5) is 1.27. The molecule has 1 heterocycles. The van der Waals surface area contributed by atoms with Gasteiger partial charge in [-0.3, -0.25) is 0 Å². The topological polar surface area (TPSA) is 40.8 Å². The Morgan fingerprint density at radius 2 is 1.14 bits per heavy atom. The Balaban J connectivity index is 1.06. The van der Waals surface area contributed by atoms with E-state index >= 15 is 0 Å². The smallest absolute Gasteiger partial charge is 0.0632 e. The molecule has 0 aliphatic carbocycles. The monoisotopic (exact) mass is 751 g/mol. The van der Waals surface area contributed by atoms with Crippen LogP contribution in [-0.4, -0.2) is 16.5 Å². The lowest BCUT2D eigenvalue weighted by Crippen LogP contribution is -2.13. The minimum Gasteiger partial charge on any atom is -0.380 e. The van der Waals surface area contributed by atoms with E-state index in [0.717, 1.165) is 28.1 Å². The highest BCUT2D eigenvalue weighted by Gasteiger charge is 2.17. The SMILES string of the molecule is CSc1ccccc1-c1cccc(-c2ccccc2-n2c3ccccc3c3cc(-c4cccc(CN/C(=C\C(=N)c5ccccc5)c5ccccc5)c4)ccc32)c1. The zero-order valence-electron chi connectivity index (χ0n) is 31.7. The fourth-order valence-corrected chi connectivity index (χ4v) is 8.44. The number of nitrogens with zero attached hydrogens (tertiary/aromatic N) is 1. The van der Waals surface area contributed by atoms with Crippen LogP contribution in [-0.2, 0) is 6.54 Å². The van der Waals surface area contributed by atoms with Gasteiger partial charge in [-0.1, -0.05) is 158 Å². The molecular weight excluding hydrogens is 711 g/mol. The number of benzene rings is 8. The predicted molar refractivity (Wildman–Crippen MR) is 243 cm³/mol. The molecule has 2 N–H and O–H groups in total. The Hall–Kier alpha value is -6.88. The number of para-hydroxylation sites is 2. The lowest BCUT2D eigenvalue weighted by atomic mass is 9.97. The lowest BCUT2D eigenvalue weighted by Gasteiger charge is -2.15. The molecule has 0 aliphatic heterocycles. The summed E-state index contributed by atoms with van der Waals surface area (Å²) >= 11 is 1.78. The molecule has 274 valence electrons. The predicted octanol–water partition coefficient (Wildman–Crippen LogP) is 13.7. The van der Waals surface area contributed by atoms with Crippen LogP contribution >= 0.6 is 11.8 Å². The van der Waals surface area contributed by atoms with Gasteiger partial charge in [-0.2, -0.15) is 0 Å². The summed E-state index contributed by atoms with van der Waals surface area (Å²) in [5, 5.41) is 14.9. The van der Waals surface area contributed by atoms with E-state index < -0.39 is 0 Å². The van der Waals surface area contributed by atoms with Crippen LogP contribution in [0.3, 0.4) is 0 Å². The van der Waals surface area contributed by atoms with Gasteiger partial charge in [-0.15, -0.1) is 11.8 Å². The van der Waals surface area contributed by atoms with Gasteiger partial charge >= 0.3 is 0 Å². The van der Waals surface area contributed by atoms with E-state index in [4.69, 9.17) is 5.41 Å². The fourth-order valence-electron chi connectivity index (χ4n) is 7.82. The molecule has 8 aromatic carbocycles. The number of allylic oxidation sites excluding steroid dienone is 1. The van der Waals surface area contributed by atoms with Crippen LogP contribution in [0.2, 0.25) is 0 Å². The Morgan fingerprint density at radius 3 is 1.95 bits per heavy atom. The van der Waals surface area contributed by atoms with Gasteiger partial charge < -0.3 is 15.3 Å². The van der Waals surface area contributed by atoms with E-state index in [1.54, 1.807) is 11.8 Å². The van der Waals surface area contributed by atoms with Gasteiger partial charge in [0.2, 0.25) is 0 Å². The number of aromatic nitrogens is 1. The summed E-state index contributed by atoms with van der Waals surface area (Å²) in [6, 6.07) is 70.9. The average molecular weight is 752 g/mol. The van der Waals surface area contributed by atoms with Crippen molar-refractivity contribution in [3.63, 3.8) is 0 Å². The van der Waals surface area contributed by atoms with Crippen molar-refractivity contribution in [2.45, 2.75) is 11.4 Å². The van der Waals surface area contributed by atoms with Crippen molar-refractivity contribution in [1.29, 1.82) is 5.41 Å². The van der Waals surface area contributed by atoms with Crippen LogP contribution in [0.4, 0.5) is 0 Å². The van der Waals surface area contributed by atoms with Gasteiger partial charge in [0.15, 0.2) is 0 Å². The van der Waals surface area contributed by atoms with Gasteiger partial charge in [0.1, 0.15) is 0 Å². The molecule has 0 bridgehead atoms. The Morgan fingerprint density at radius 1 is 0.526 bits per heavy atom. The van der Waals surface area contributed by atoms with Crippen LogP contribution in [0, 0.1) is 5.41 Å². The lowest BCUT2D eigenvalue weighted by molar-refractivity contribution is 0.890. The molecule has 9 rings (SSSR count). The van der Waals surface area contributed by atoms with Gasteiger partial charge in [0.25, 0.3) is 0 Å². The number of rotatable bonds is 11. The molecule has 57 heavy (non-hydrogen) atoms. The molecule has 0 spiro atoms. The Labute approximate surface area is 338 Å². The maximum atomic E-state index is 8.81. The summed E-state index contributed by atoms with van der Waals surface area (Å²) in [5.74, 6) is 0. The highest BCUT2D eigenvalue weighted by atomic mass is 32.2. The molecule has 3 nitrogen and oxygen atoms in total. The van der Waals surface area contributed by atoms with Crippen molar-refractivity contribution in [3.8, 4) is 39.1 Å². The number of nitrogens with one attached hydrogen (secondary N) is 2. The second kappa shape index (κ2) is 16.1. The Kier molecular flexibility index (Phi) is 10.1. The molecule has 9 aromatic rings. The first-order chi connectivity index (χ1) is 28.1. The zero-order chi connectivity index (χ0) is 38.6. The van der Waals surface area contributed by atoms with Gasteiger partial charge in [-0.05, 0) is 99.3 Å². The molecule has 0 saturated heterocycles. The summed E-state index contributed by atoms with van der Waals surface area (Å²) in [6.07, 6.45) is 4.07. The van der Waals surface area contributed by atoms with Crippen LogP contribution < -0.4 is 5.32 Å². The fraction of sp³-hybridized carbons (Fsp3) is 0.0377. The average Bonchev–Trinajstić information content (AvgIpc) is 3.62. The maximum absolute atomic E-state index is 8.81. The molecule has 0 unspecified atom stereocenters. The number of fused-ring (bicyclic) bond motifs is 3. The molecule has 0 fully saturated rings. The van der Waals surface area contributed by atoms with Crippen LogP contribution in [0.1, 0.15) is 16.7 Å². The van der Waals surface area contributed by atoms with E-state index in [9.17, 15) is 0 Å². The molecule has 0 amide bonds. The highest BCUT2D eigenvalue weighted by Crippen LogP contribution is 2.39.